The number of carbonyl (C=O) groups is 5. The molecule has 15 rings (SSSR count). The number of hydrogen-bond acceptors (Lipinski definition) is 14. The molecule has 5 saturated heterocycles. The van der Waals surface area contributed by atoms with Crippen molar-refractivity contribution < 1.29 is 120 Å². The smallest absolute Gasteiger partial charge is 0.850 e. The van der Waals surface area contributed by atoms with Gasteiger partial charge in [0.2, 0.25) is 0 Å². The van der Waals surface area contributed by atoms with Crippen LogP contribution < -0.4 is 56.5 Å². The number of alkyl halides is 2. The molecule has 0 saturated carbocycles. The van der Waals surface area contributed by atoms with Crippen LogP contribution in [0.3, 0.4) is 0 Å². The van der Waals surface area contributed by atoms with Crippen LogP contribution in [0.2, 0.25) is 0 Å². The Hall–Kier alpha value is -8.60. The molecule has 18 heteroatoms. The fourth-order valence-corrected chi connectivity index (χ4v) is 16.2. The number of rotatable bonds is 22. The summed E-state index contributed by atoms with van der Waals surface area (Å²) in [7, 11) is 6.23. The van der Waals surface area contributed by atoms with E-state index < -0.39 is 30.1 Å². The van der Waals surface area contributed by atoms with E-state index in [-0.39, 0.29) is 113 Å². The molecule has 0 aliphatic carbocycles. The van der Waals surface area contributed by atoms with Gasteiger partial charge < -0.3 is 48.8 Å². The number of nitrogens with zero attached hydrogens (tertiary/aromatic N) is 2. The summed E-state index contributed by atoms with van der Waals surface area (Å²) in [6, 6.07) is 91.9. The molecule has 8 atom stereocenters. The summed E-state index contributed by atoms with van der Waals surface area (Å²) in [5.74, 6) is -2.50. The maximum atomic E-state index is 13.6. The number of fused-ring (bicyclic) bond motifs is 4. The number of halogens is 2. The van der Waals surface area contributed by atoms with E-state index in [9.17, 15) is 43.7 Å². The van der Waals surface area contributed by atoms with Crippen LogP contribution in [0.1, 0.15) is 195 Å². The van der Waals surface area contributed by atoms with Crippen molar-refractivity contribution in [3.63, 3.8) is 0 Å². The Balaban J connectivity index is 0.000000272. The monoisotopic (exact) mass is 1820 g/mol. The zero-order valence-corrected chi connectivity index (χ0v) is 81.1. The zero-order valence-electron chi connectivity index (χ0n) is 77.4. The summed E-state index contributed by atoms with van der Waals surface area (Å²) in [4.78, 5) is 65.7. The van der Waals surface area contributed by atoms with E-state index in [4.69, 9.17) is 20.3 Å². The molecule has 5 aliphatic rings. The fourth-order valence-electron chi connectivity index (χ4n) is 15.9. The minimum Gasteiger partial charge on any atom is -0.850 e. The van der Waals surface area contributed by atoms with Crippen molar-refractivity contribution in [2.24, 2.45) is 0 Å². The van der Waals surface area contributed by atoms with Gasteiger partial charge in [0.05, 0.1) is 53.5 Å². The van der Waals surface area contributed by atoms with Gasteiger partial charge in [-0.3, -0.25) is 28.4 Å². The third-order valence-corrected chi connectivity index (χ3v) is 23.8. The van der Waals surface area contributed by atoms with Crippen LogP contribution in [0, 0.1) is 34.6 Å². The molecule has 0 spiro atoms. The molecule has 676 valence electrons. The molecule has 10 aromatic carbocycles. The first kappa shape index (κ1) is 107. The summed E-state index contributed by atoms with van der Waals surface area (Å²) >= 11 is 3.38. The molecule has 5 aliphatic heterocycles. The predicted molar refractivity (Wildman–Crippen MR) is 509 cm³/mol. The van der Waals surface area contributed by atoms with Gasteiger partial charge in [-0.2, -0.15) is 0 Å². The molecule has 15 nitrogen and oxygen atoms in total. The van der Waals surface area contributed by atoms with Crippen LogP contribution in [0.4, 0.5) is 4.39 Å². The number of carboxylic acids is 1. The molecular weight excluding hydrogens is 1680 g/mol. The van der Waals surface area contributed by atoms with E-state index in [1.807, 2.05) is 214 Å². The number of benzene rings is 10. The second-order valence-corrected chi connectivity index (χ2v) is 34.6. The van der Waals surface area contributed by atoms with Gasteiger partial charge in [-0.05, 0) is 194 Å². The Morgan fingerprint density at radius 2 is 0.780 bits per heavy atom. The van der Waals surface area contributed by atoms with Crippen molar-refractivity contribution in [3.8, 4) is 0 Å². The van der Waals surface area contributed by atoms with E-state index in [0.717, 1.165) is 88.7 Å². The molecule has 8 unspecified atom stereocenters. The number of hydrogen-bond donors (Lipinski definition) is 2. The van der Waals surface area contributed by atoms with Crippen molar-refractivity contribution >= 4 is 45.8 Å². The van der Waals surface area contributed by atoms with Crippen LogP contribution in [-0.4, -0.2) is 147 Å². The molecule has 10 aromatic rings. The minimum atomic E-state index is -1.08. The molecule has 0 aromatic heterocycles. The summed E-state index contributed by atoms with van der Waals surface area (Å²) in [6.07, 6.45) is 13.8. The number of piperidine rings is 2. The zero-order chi connectivity index (χ0) is 91.4. The number of aliphatic hydroxyl groups is 1. The topological polar surface area (TPSA) is 201 Å². The van der Waals surface area contributed by atoms with Gasteiger partial charge >= 0.3 is 81.2 Å². The quantitative estimate of drug-likeness (QED) is 0.0281. The van der Waals surface area contributed by atoms with Gasteiger partial charge in [0.15, 0.2) is 0 Å². The molecule has 5 fully saturated rings. The van der Waals surface area contributed by atoms with Crippen molar-refractivity contribution in [2.45, 2.75) is 230 Å². The number of carboxylic acid groups (broad SMARTS) is 1. The van der Waals surface area contributed by atoms with Gasteiger partial charge in [-0.25, -0.2) is 0 Å². The third-order valence-electron chi connectivity index (χ3n) is 23.2. The van der Waals surface area contributed by atoms with E-state index >= 15 is 0 Å². The summed E-state index contributed by atoms with van der Waals surface area (Å²) in [5.41, 5.74) is 14.7. The SMILES string of the molecule is C.C1CCOC1.CC(C)(C)[O-].COC(=O)C(Cc1ccc(C)cc1)c1ccccc1.COC(=O)Cc1ccccc1.Cc1ccc(CBr)cc1.Cc1ccc(CC(C(=O)O)c2ccccc2)cc1.Cc1ccc(CC(C(=O)OC2CC3CCC(C2)N3C)c2ccccc2)cc1.Cc1ccc(CC(CO)(C(=O)OC2CC3CCC(C2)N3C)c2ccccc2)cc1.[2H]CF.[K+]. The maximum Gasteiger partial charge on any atom is 1.00 e. The minimum absolute atomic E-state index is 0. The number of aryl methyl sites for hydroxylation is 5. The number of carbonyl (C=O) groups excluding carboxylic acids is 4. The van der Waals surface area contributed by atoms with Crippen LogP contribution in [0.25, 0.3) is 0 Å². The van der Waals surface area contributed by atoms with Crippen molar-refractivity contribution in [1.82, 2.24) is 9.80 Å². The molecule has 4 bridgehead atoms. The Morgan fingerprint density at radius 3 is 1.09 bits per heavy atom. The first-order valence-electron chi connectivity index (χ1n) is 44.3. The normalized spacial score (nSPS) is 18.0. The Kier molecular flexibility index (Phi) is 49.1. The number of ether oxygens (including phenoxy) is 5. The molecule has 0 radical (unpaired) electrons. The first-order chi connectivity index (χ1) is 60.5. The summed E-state index contributed by atoms with van der Waals surface area (Å²) < 4.78 is 42.1. The average molecular weight is 1820 g/mol. The van der Waals surface area contributed by atoms with E-state index in [0.29, 0.717) is 56.3 Å². The molecular formula is C109H137BrFKN2O13. The van der Waals surface area contributed by atoms with Gasteiger partial charge in [-0.1, -0.05) is 345 Å². The van der Waals surface area contributed by atoms with Gasteiger partial charge in [0, 0.05) is 42.7 Å². The van der Waals surface area contributed by atoms with Crippen molar-refractivity contribution in [3.05, 3.63) is 356 Å². The third kappa shape index (κ3) is 38.2. The second kappa shape index (κ2) is 58.1. The first-order valence-corrected chi connectivity index (χ1v) is 44.7. The fraction of sp³-hybridized carbons (Fsp3) is 0.404. The van der Waals surface area contributed by atoms with Crippen LogP contribution in [0.5, 0.6) is 0 Å². The van der Waals surface area contributed by atoms with Gasteiger partial charge in [0.1, 0.15) is 17.6 Å². The standard InChI is InChI=1S/C25H31NO3.C24H29NO2.C17H18O2.C16H16O2.C9H10O2.C8H9Br.C4H8O.C4H9O.CH3F.CH4.K/c1-18-8-10-19(11-9-18)16-25(17-27,20-6-4-3-5-7-20)24(28)29-23-14-21-12-13-22(15-23)26(21)2;1-17-8-10-18(11-9-17)14-23(19-6-4-3-5-7-19)24(26)27-22-15-20-12-13-21(16-22)25(20)2;1-13-8-10-14(11-9-13)12-16(17(18)19-2)15-6-4-3-5-7-15;1-12-7-9-13(10-8-12)11-15(16(17)18)14-5-3-2-4-6-14;1-11-9(10)7-8-5-3-2-4-6-8;1-7-2-4-8(6-9)5-3-7;1-2-4-5-3-1;1-4(2,3)5;1-2;;/h3-11,21-23,27H,12-17H2,1-2H3;3-11,20-23H,12-16H2,1-2H3;3-11,16H,12H2,1-2H3;2-10,15H,11H2,1H3,(H,17,18);2-6H,7H2,1H3;2-5H,6H2,1H3;1-4H2;1-3H3;1H3;1H4;/q;;;;;;;-1;;;+1/i;;;;;;;;1D;;. The van der Waals surface area contributed by atoms with E-state index in [2.05, 4.69) is 138 Å². The Morgan fingerprint density at radius 1 is 0.472 bits per heavy atom. The van der Waals surface area contributed by atoms with Gasteiger partial charge in [0.25, 0.3) is 0 Å². The number of methoxy groups -OCH3 is 2. The van der Waals surface area contributed by atoms with E-state index in [1.165, 1.54) is 91.7 Å². The molecule has 0 amide bonds. The van der Waals surface area contributed by atoms with Crippen molar-refractivity contribution in [1.29, 1.82) is 0 Å². The molecule has 5 heterocycles. The Bertz CT molecular complexity index is 4710. The number of aliphatic carboxylic acids is 1. The van der Waals surface area contributed by atoms with Crippen LogP contribution in [-0.2, 0) is 90.5 Å². The van der Waals surface area contributed by atoms with Gasteiger partial charge in [-0.15, -0.1) is 5.60 Å². The molecule has 2 N–H and O–H groups in total. The largest absolute Gasteiger partial charge is 1.00 e. The number of aliphatic hydroxyl groups excluding tert-OH is 1. The summed E-state index contributed by atoms with van der Waals surface area (Å²) in [6.45, 7) is 16.9. The van der Waals surface area contributed by atoms with Crippen LogP contribution >= 0.6 is 15.9 Å². The van der Waals surface area contributed by atoms with E-state index in [1.54, 1.807) is 20.8 Å². The Labute approximate surface area is 809 Å². The average Bonchev–Trinajstić information content (AvgIpc) is 0.847. The number of esters is 4. The van der Waals surface area contributed by atoms with Crippen molar-refractivity contribution in [2.75, 3.05) is 55.3 Å². The second-order valence-electron chi connectivity index (χ2n) is 34.0. The van der Waals surface area contributed by atoms with Crippen LogP contribution in [0.15, 0.2) is 273 Å². The molecule has 127 heavy (non-hydrogen) atoms. The predicted octanol–water partition coefficient (Wildman–Crippen LogP) is 18.5. The maximum absolute atomic E-state index is 13.6. The summed E-state index contributed by atoms with van der Waals surface area (Å²) in [5, 5.41) is 30.9.